The molecule has 1 amide bonds. The standard InChI is InChI=1S/C16H33N5O3S.HI/c1-6-17-15(19-12-14(22)20-16(2,3)4)18-11-13-7-9-21(10-8-13)25(5,23)24;/h13H,6-12H2,1-5H3,(H,20,22)(H2,17,18,19);1H. The van der Waals surface area contributed by atoms with Gasteiger partial charge in [0, 0.05) is 31.7 Å². The van der Waals surface area contributed by atoms with E-state index in [-0.39, 0.29) is 42.0 Å². The van der Waals surface area contributed by atoms with Crippen molar-refractivity contribution in [3.8, 4) is 0 Å². The summed E-state index contributed by atoms with van der Waals surface area (Å²) < 4.78 is 24.6. The van der Waals surface area contributed by atoms with E-state index < -0.39 is 10.0 Å². The number of carbonyl (C=O) groups excluding carboxylic acids is 1. The topological polar surface area (TPSA) is 103 Å². The van der Waals surface area contributed by atoms with Gasteiger partial charge in [0.2, 0.25) is 15.9 Å². The number of hydrogen-bond acceptors (Lipinski definition) is 4. The van der Waals surface area contributed by atoms with Crippen molar-refractivity contribution in [1.29, 1.82) is 0 Å². The van der Waals surface area contributed by atoms with Gasteiger partial charge in [0.15, 0.2) is 5.96 Å². The molecule has 154 valence electrons. The van der Waals surface area contributed by atoms with Crippen molar-refractivity contribution in [3.05, 3.63) is 0 Å². The van der Waals surface area contributed by atoms with Crippen LogP contribution < -0.4 is 16.0 Å². The van der Waals surface area contributed by atoms with Crippen LogP contribution in [-0.2, 0) is 14.8 Å². The summed E-state index contributed by atoms with van der Waals surface area (Å²) in [5.74, 6) is 0.883. The summed E-state index contributed by atoms with van der Waals surface area (Å²) in [4.78, 5) is 16.2. The number of nitrogens with zero attached hydrogens (tertiary/aromatic N) is 2. The molecule has 8 nitrogen and oxygen atoms in total. The summed E-state index contributed by atoms with van der Waals surface area (Å²) in [6.07, 6.45) is 2.90. The lowest BCUT2D eigenvalue weighted by Gasteiger charge is -2.30. The Morgan fingerprint density at radius 1 is 1.19 bits per heavy atom. The number of piperidine rings is 1. The first-order chi connectivity index (χ1) is 11.5. The maximum Gasteiger partial charge on any atom is 0.242 e. The summed E-state index contributed by atoms with van der Waals surface area (Å²) >= 11 is 0. The first-order valence-electron chi connectivity index (χ1n) is 8.79. The average molecular weight is 503 g/mol. The van der Waals surface area contributed by atoms with Crippen LogP contribution in [-0.4, -0.2) is 69.1 Å². The maximum absolute atomic E-state index is 11.9. The molecule has 0 aliphatic carbocycles. The molecule has 0 atom stereocenters. The fraction of sp³-hybridized carbons (Fsp3) is 0.875. The summed E-state index contributed by atoms with van der Waals surface area (Å²) in [5, 5.41) is 9.26. The summed E-state index contributed by atoms with van der Waals surface area (Å²) in [6, 6.07) is 0. The molecule has 26 heavy (non-hydrogen) atoms. The monoisotopic (exact) mass is 503 g/mol. The molecule has 1 aliphatic heterocycles. The first-order valence-corrected chi connectivity index (χ1v) is 10.6. The molecular formula is C16H34IN5O3S. The molecule has 0 bridgehead atoms. The molecule has 1 heterocycles. The number of sulfonamides is 1. The Hall–Kier alpha value is -0.620. The van der Waals surface area contributed by atoms with E-state index in [9.17, 15) is 13.2 Å². The van der Waals surface area contributed by atoms with Gasteiger partial charge in [0.1, 0.15) is 6.54 Å². The van der Waals surface area contributed by atoms with E-state index in [0.717, 1.165) is 12.8 Å². The molecule has 0 radical (unpaired) electrons. The van der Waals surface area contributed by atoms with Gasteiger partial charge >= 0.3 is 0 Å². The smallest absolute Gasteiger partial charge is 0.242 e. The molecule has 0 aromatic carbocycles. The zero-order valence-electron chi connectivity index (χ0n) is 16.5. The minimum Gasteiger partial charge on any atom is -0.357 e. The molecule has 10 heteroatoms. The van der Waals surface area contributed by atoms with Crippen LogP contribution in [0.25, 0.3) is 0 Å². The lowest BCUT2D eigenvalue weighted by Crippen LogP contribution is -2.45. The zero-order valence-corrected chi connectivity index (χ0v) is 19.6. The highest BCUT2D eigenvalue weighted by molar-refractivity contribution is 14.0. The lowest BCUT2D eigenvalue weighted by atomic mass is 9.98. The van der Waals surface area contributed by atoms with E-state index in [4.69, 9.17) is 0 Å². The highest BCUT2D eigenvalue weighted by atomic mass is 127. The number of hydrogen-bond donors (Lipinski definition) is 3. The largest absolute Gasteiger partial charge is 0.357 e. The van der Waals surface area contributed by atoms with Crippen LogP contribution in [0.4, 0.5) is 0 Å². The van der Waals surface area contributed by atoms with Gasteiger partial charge in [0.05, 0.1) is 6.26 Å². The summed E-state index contributed by atoms with van der Waals surface area (Å²) in [6.45, 7) is 10.4. The Balaban J connectivity index is 0.00000625. The number of rotatable bonds is 6. The molecule has 0 aromatic heterocycles. The highest BCUT2D eigenvalue weighted by Crippen LogP contribution is 2.18. The Kier molecular flexibility index (Phi) is 11.0. The predicted molar refractivity (Wildman–Crippen MR) is 116 cm³/mol. The van der Waals surface area contributed by atoms with E-state index in [1.807, 2.05) is 27.7 Å². The number of guanidine groups is 1. The summed E-state index contributed by atoms with van der Waals surface area (Å²) in [5.41, 5.74) is -0.272. The molecule has 0 unspecified atom stereocenters. The van der Waals surface area contributed by atoms with Gasteiger partial charge < -0.3 is 16.0 Å². The molecule has 0 saturated carbocycles. The van der Waals surface area contributed by atoms with Crippen molar-refractivity contribution >= 4 is 45.9 Å². The number of halogens is 1. The predicted octanol–water partition coefficient (Wildman–Crippen LogP) is 0.746. The van der Waals surface area contributed by atoms with Crippen LogP contribution >= 0.6 is 24.0 Å². The lowest BCUT2D eigenvalue weighted by molar-refractivity contribution is -0.121. The fourth-order valence-corrected chi connectivity index (χ4v) is 3.51. The van der Waals surface area contributed by atoms with Crippen LogP contribution in [0.5, 0.6) is 0 Å². The van der Waals surface area contributed by atoms with E-state index in [0.29, 0.717) is 38.1 Å². The number of carbonyl (C=O) groups is 1. The van der Waals surface area contributed by atoms with Crippen molar-refractivity contribution in [2.24, 2.45) is 10.9 Å². The Morgan fingerprint density at radius 3 is 2.23 bits per heavy atom. The van der Waals surface area contributed by atoms with Crippen molar-refractivity contribution in [1.82, 2.24) is 20.3 Å². The van der Waals surface area contributed by atoms with Gasteiger partial charge in [-0.15, -0.1) is 24.0 Å². The number of aliphatic imine (C=N–C) groups is 1. The highest BCUT2D eigenvalue weighted by Gasteiger charge is 2.24. The van der Waals surface area contributed by atoms with Crippen molar-refractivity contribution in [2.75, 3.05) is 39.0 Å². The first kappa shape index (κ1) is 25.4. The van der Waals surface area contributed by atoms with Crippen molar-refractivity contribution < 1.29 is 13.2 Å². The third-order valence-corrected chi connectivity index (χ3v) is 5.14. The average Bonchev–Trinajstić information content (AvgIpc) is 2.48. The second-order valence-corrected chi connectivity index (χ2v) is 9.46. The zero-order chi connectivity index (χ0) is 19.1. The minimum absolute atomic E-state index is 0. The number of amides is 1. The molecule has 1 rings (SSSR count). The molecule has 1 saturated heterocycles. The Morgan fingerprint density at radius 2 is 1.77 bits per heavy atom. The Bertz CT molecular complexity index is 567. The van der Waals surface area contributed by atoms with E-state index in [1.54, 1.807) is 0 Å². The van der Waals surface area contributed by atoms with Crippen LogP contribution in [0.2, 0.25) is 0 Å². The SMILES string of the molecule is CCNC(=NCC(=O)NC(C)(C)C)NCC1CCN(S(C)(=O)=O)CC1.I. The molecule has 0 spiro atoms. The maximum atomic E-state index is 11.9. The molecule has 1 fully saturated rings. The molecular weight excluding hydrogens is 469 g/mol. The van der Waals surface area contributed by atoms with Crippen LogP contribution in [0.1, 0.15) is 40.5 Å². The van der Waals surface area contributed by atoms with E-state index in [2.05, 4.69) is 20.9 Å². The van der Waals surface area contributed by atoms with Crippen LogP contribution in [0.15, 0.2) is 4.99 Å². The van der Waals surface area contributed by atoms with Gasteiger partial charge in [-0.3, -0.25) is 4.79 Å². The fourth-order valence-electron chi connectivity index (χ4n) is 2.64. The minimum atomic E-state index is -3.09. The van der Waals surface area contributed by atoms with Crippen molar-refractivity contribution in [3.63, 3.8) is 0 Å². The third kappa shape index (κ3) is 10.5. The molecule has 1 aliphatic rings. The second kappa shape index (κ2) is 11.3. The third-order valence-electron chi connectivity index (χ3n) is 3.84. The van der Waals surface area contributed by atoms with E-state index in [1.165, 1.54) is 10.6 Å². The van der Waals surface area contributed by atoms with E-state index >= 15 is 0 Å². The van der Waals surface area contributed by atoms with Gasteiger partial charge in [-0.25, -0.2) is 17.7 Å². The number of nitrogens with one attached hydrogen (secondary N) is 3. The second-order valence-electron chi connectivity index (χ2n) is 7.48. The quantitative estimate of drug-likeness (QED) is 0.282. The van der Waals surface area contributed by atoms with Gasteiger partial charge in [-0.1, -0.05) is 0 Å². The molecule has 0 aromatic rings. The van der Waals surface area contributed by atoms with Crippen LogP contribution in [0.3, 0.4) is 0 Å². The van der Waals surface area contributed by atoms with Crippen LogP contribution in [0, 0.1) is 5.92 Å². The normalized spacial score (nSPS) is 17.3. The van der Waals surface area contributed by atoms with Crippen molar-refractivity contribution in [2.45, 2.75) is 46.1 Å². The van der Waals surface area contributed by atoms with Gasteiger partial charge in [-0.05, 0) is 46.5 Å². The summed E-state index contributed by atoms with van der Waals surface area (Å²) in [7, 11) is -3.09. The van der Waals surface area contributed by atoms with Gasteiger partial charge in [-0.2, -0.15) is 0 Å². The Labute approximate surface area is 175 Å². The van der Waals surface area contributed by atoms with Gasteiger partial charge in [0.25, 0.3) is 0 Å². The molecule has 3 N–H and O–H groups in total.